The summed E-state index contributed by atoms with van der Waals surface area (Å²) in [7, 11) is 0. The molecule has 0 bridgehead atoms. The van der Waals surface area contributed by atoms with Crippen LogP contribution in [-0.2, 0) is 0 Å². The van der Waals surface area contributed by atoms with Gasteiger partial charge in [-0.1, -0.05) is 27.7 Å². The van der Waals surface area contributed by atoms with E-state index in [2.05, 4.69) is 33.0 Å². The summed E-state index contributed by atoms with van der Waals surface area (Å²) < 4.78 is 0. The Labute approximate surface area is 76.4 Å². The van der Waals surface area contributed by atoms with Crippen LogP contribution in [0.3, 0.4) is 0 Å². The van der Waals surface area contributed by atoms with E-state index in [0.29, 0.717) is 5.41 Å². The molecular formula is C10H23NO. The molecule has 0 rings (SSSR count). The van der Waals surface area contributed by atoms with Gasteiger partial charge in [0.15, 0.2) is 0 Å². The van der Waals surface area contributed by atoms with Crippen LogP contribution in [0.25, 0.3) is 0 Å². The third-order valence-electron chi connectivity index (χ3n) is 2.02. The van der Waals surface area contributed by atoms with Crippen LogP contribution >= 0.6 is 0 Å². The van der Waals surface area contributed by atoms with E-state index in [1.165, 1.54) is 0 Å². The summed E-state index contributed by atoms with van der Waals surface area (Å²) in [5.74, 6) is 0. The standard InChI is InChI=1S/C10H23NO/c1-5-9(8-12)11-7-6-10(2,3)4/h9,11-12H,5-8H2,1-4H3/t9-/m1/s1. The van der Waals surface area contributed by atoms with Gasteiger partial charge >= 0.3 is 0 Å². The van der Waals surface area contributed by atoms with Crippen LogP contribution in [-0.4, -0.2) is 24.3 Å². The van der Waals surface area contributed by atoms with Crippen molar-refractivity contribution in [2.75, 3.05) is 13.2 Å². The Morgan fingerprint density at radius 3 is 2.25 bits per heavy atom. The Hall–Kier alpha value is -0.0800. The second-order valence-corrected chi connectivity index (χ2v) is 4.55. The van der Waals surface area contributed by atoms with E-state index >= 15 is 0 Å². The van der Waals surface area contributed by atoms with Gasteiger partial charge in [0.25, 0.3) is 0 Å². The number of aliphatic hydroxyl groups excluding tert-OH is 1. The van der Waals surface area contributed by atoms with E-state index in [9.17, 15) is 0 Å². The van der Waals surface area contributed by atoms with E-state index in [1.807, 2.05) is 0 Å². The Balaban J connectivity index is 3.41. The van der Waals surface area contributed by atoms with Crippen molar-refractivity contribution in [3.8, 4) is 0 Å². The molecule has 1 atom stereocenters. The molecule has 74 valence electrons. The fourth-order valence-corrected chi connectivity index (χ4v) is 0.989. The van der Waals surface area contributed by atoms with Crippen molar-refractivity contribution in [3.05, 3.63) is 0 Å². The first-order valence-electron chi connectivity index (χ1n) is 4.84. The Kier molecular flexibility index (Phi) is 5.51. The van der Waals surface area contributed by atoms with E-state index in [0.717, 1.165) is 19.4 Å². The Morgan fingerprint density at radius 2 is 1.92 bits per heavy atom. The molecule has 0 aliphatic heterocycles. The molecule has 0 aliphatic carbocycles. The summed E-state index contributed by atoms with van der Waals surface area (Å²) >= 11 is 0. The first kappa shape index (κ1) is 11.9. The van der Waals surface area contributed by atoms with Crippen LogP contribution in [0.2, 0.25) is 0 Å². The van der Waals surface area contributed by atoms with E-state index in [1.54, 1.807) is 0 Å². The molecule has 2 N–H and O–H groups in total. The van der Waals surface area contributed by atoms with Gasteiger partial charge in [-0.2, -0.15) is 0 Å². The Bertz CT molecular complexity index is 103. The van der Waals surface area contributed by atoms with E-state index in [-0.39, 0.29) is 12.6 Å². The minimum atomic E-state index is 0.251. The molecule has 0 aromatic carbocycles. The number of nitrogens with one attached hydrogen (secondary N) is 1. The van der Waals surface area contributed by atoms with Crippen LogP contribution in [0.1, 0.15) is 40.5 Å². The van der Waals surface area contributed by atoms with Gasteiger partial charge in [-0.05, 0) is 24.8 Å². The minimum absolute atomic E-state index is 0.251. The van der Waals surface area contributed by atoms with Gasteiger partial charge in [-0.3, -0.25) is 0 Å². The smallest absolute Gasteiger partial charge is 0.0584 e. The number of aliphatic hydroxyl groups is 1. The molecule has 0 spiro atoms. The summed E-state index contributed by atoms with van der Waals surface area (Å²) in [6.07, 6.45) is 2.16. The summed E-state index contributed by atoms with van der Waals surface area (Å²) in [6, 6.07) is 0.285. The van der Waals surface area contributed by atoms with Gasteiger partial charge in [0, 0.05) is 6.04 Å². The zero-order valence-corrected chi connectivity index (χ0v) is 8.85. The first-order valence-corrected chi connectivity index (χ1v) is 4.84. The van der Waals surface area contributed by atoms with E-state index in [4.69, 9.17) is 5.11 Å². The van der Waals surface area contributed by atoms with Gasteiger partial charge in [0.1, 0.15) is 0 Å². The van der Waals surface area contributed by atoms with Gasteiger partial charge in [0.05, 0.1) is 6.61 Å². The molecule has 2 nitrogen and oxygen atoms in total. The predicted octanol–water partition coefficient (Wildman–Crippen LogP) is 1.78. The minimum Gasteiger partial charge on any atom is -0.395 e. The van der Waals surface area contributed by atoms with Crippen molar-refractivity contribution in [2.45, 2.75) is 46.6 Å². The zero-order chi connectivity index (χ0) is 9.61. The average Bonchev–Trinajstić information content (AvgIpc) is 1.96. The largest absolute Gasteiger partial charge is 0.395 e. The number of rotatable bonds is 5. The van der Waals surface area contributed by atoms with Crippen molar-refractivity contribution in [1.82, 2.24) is 5.32 Å². The summed E-state index contributed by atoms with van der Waals surface area (Å²) in [5, 5.41) is 12.2. The lowest BCUT2D eigenvalue weighted by Crippen LogP contribution is -2.33. The predicted molar refractivity (Wildman–Crippen MR) is 53.2 cm³/mol. The molecular weight excluding hydrogens is 150 g/mol. The fourth-order valence-electron chi connectivity index (χ4n) is 0.989. The average molecular weight is 173 g/mol. The molecule has 0 fully saturated rings. The second kappa shape index (κ2) is 5.55. The van der Waals surface area contributed by atoms with Gasteiger partial charge in [-0.15, -0.1) is 0 Å². The molecule has 0 saturated carbocycles. The lowest BCUT2D eigenvalue weighted by atomic mass is 9.92. The van der Waals surface area contributed by atoms with Crippen molar-refractivity contribution < 1.29 is 5.11 Å². The molecule has 2 heteroatoms. The van der Waals surface area contributed by atoms with Crippen LogP contribution in [0.5, 0.6) is 0 Å². The van der Waals surface area contributed by atoms with Crippen LogP contribution in [0, 0.1) is 5.41 Å². The molecule has 0 amide bonds. The van der Waals surface area contributed by atoms with Crippen LogP contribution in [0.4, 0.5) is 0 Å². The lowest BCUT2D eigenvalue weighted by molar-refractivity contribution is 0.232. The summed E-state index contributed by atoms with van der Waals surface area (Å²) in [4.78, 5) is 0. The summed E-state index contributed by atoms with van der Waals surface area (Å²) in [5.41, 5.74) is 0.390. The van der Waals surface area contributed by atoms with Gasteiger partial charge in [0.2, 0.25) is 0 Å². The first-order chi connectivity index (χ1) is 5.49. The van der Waals surface area contributed by atoms with Crippen molar-refractivity contribution in [1.29, 1.82) is 0 Å². The van der Waals surface area contributed by atoms with Gasteiger partial charge in [-0.25, -0.2) is 0 Å². The normalized spacial score (nSPS) is 14.8. The maximum Gasteiger partial charge on any atom is 0.0584 e. The van der Waals surface area contributed by atoms with Gasteiger partial charge < -0.3 is 10.4 Å². The molecule has 0 radical (unpaired) electrons. The fraction of sp³-hybridized carbons (Fsp3) is 1.00. The van der Waals surface area contributed by atoms with E-state index < -0.39 is 0 Å². The van der Waals surface area contributed by atoms with Crippen LogP contribution < -0.4 is 5.32 Å². The highest BCUT2D eigenvalue weighted by Gasteiger charge is 2.10. The number of hydrogen-bond acceptors (Lipinski definition) is 2. The third kappa shape index (κ3) is 6.62. The van der Waals surface area contributed by atoms with Crippen molar-refractivity contribution in [2.24, 2.45) is 5.41 Å². The molecule has 0 aromatic rings. The zero-order valence-electron chi connectivity index (χ0n) is 8.85. The highest BCUT2D eigenvalue weighted by Crippen LogP contribution is 2.17. The molecule has 0 saturated heterocycles. The summed E-state index contributed by atoms with van der Waals surface area (Å²) in [6.45, 7) is 10.0. The maximum absolute atomic E-state index is 8.89. The van der Waals surface area contributed by atoms with Crippen molar-refractivity contribution in [3.63, 3.8) is 0 Å². The molecule has 0 heterocycles. The highest BCUT2D eigenvalue weighted by atomic mass is 16.3. The third-order valence-corrected chi connectivity index (χ3v) is 2.02. The SMILES string of the molecule is CC[C@H](CO)NCCC(C)(C)C. The van der Waals surface area contributed by atoms with Crippen molar-refractivity contribution >= 4 is 0 Å². The lowest BCUT2D eigenvalue weighted by Gasteiger charge is -2.20. The monoisotopic (exact) mass is 173 g/mol. The highest BCUT2D eigenvalue weighted by molar-refractivity contribution is 4.67. The quantitative estimate of drug-likeness (QED) is 0.664. The molecule has 12 heavy (non-hydrogen) atoms. The maximum atomic E-state index is 8.89. The van der Waals surface area contributed by atoms with Crippen LogP contribution in [0.15, 0.2) is 0 Å². The molecule has 0 aromatic heterocycles. The Morgan fingerprint density at radius 1 is 1.33 bits per heavy atom. The topological polar surface area (TPSA) is 32.3 Å². The molecule has 0 aliphatic rings. The number of hydrogen-bond donors (Lipinski definition) is 2. The molecule has 0 unspecified atom stereocenters. The second-order valence-electron chi connectivity index (χ2n) is 4.55.